The predicted molar refractivity (Wildman–Crippen MR) is 70.3 cm³/mol. The van der Waals surface area contributed by atoms with E-state index in [0.717, 1.165) is 0 Å². The van der Waals surface area contributed by atoms with Gasteiger partial charge in [0.15, 0.2) is 5.82 Å². The summed E-state index contributed by atoms with van der Waals surface area (Å²) >= 11 is 11.9. The highest BCUT2D eigenvalue weighted by molar-refractivity contribution is 6.33. The van der Waals surface area contributed by atoms with Gasteiger partial charge in [0.25, 0.3) is 11.6 Å². The zero-order chi connectivity index (χ0) is 14.0. The predicted octanol–water partition coefficient (Wildman–Crippen LogP) is 3.99. The van der Waals surface area contributed by atoms with Crippen molar-refractivity contribution >= 4 is 28.9 Å². The zero-order valence-electron chi connectivity index (χ0n) is 9.84. The third kappa shape index (κ3) is 2.69. The van der Waals surface area contributed by atoms with E-state index in [1.54, 1.807) is 0 Å². The largest absolute Gasteiger partial charge is 0.334 e. The molecule has 0 N–H and O–H groups in total. The van der Waals surface area contributed by atoms with E-state index < -0.39 is 10.3 Å². The summed E-state index contributed by atoms with van der Waals surface area (Å²) in [6.45, 7) is 1.87. The van der Waals surface area contributed by atoms with Gasteiger partial charge in [-0.1, -0.05) is 29.7 Å². The van der Waals surface area contributed by atoms with Crippen LogP contribution in [0.5, 0.6) is 0 Å². The minimum absolute atomic E-state index is 0.00796. The smallest absolute Gasteiger partial charge is 0.283 e. The van der Waals surface area contributed by atoms with Crippen molar-refractivity contribution in [2.24, 2.45) is 0 Å². The molecule has 1 heterocycles. The first-order chi connectivity index (χ1) is 9.04. The fraction of sp³-hybridized carbons (Fsp3) is 0.273. The first kappa shape index (κ1) is 13.8. The van der Waals surface area contributed by atoms with Crippen LogP contribution in [0.3, 0.4) is 0 Å². The molecule has 2 aromatic rings. The molecule has 0 aliphatic rings. The Morgan fingerprint density at radius 3 is 2.89 bits per heavy atom. The molecule has 1 aromatic heterocycles. The molecule has 6 nitrogen and oxygen atoms in total. The molecule has 1 atom stereocenters. The lowest BCUT2D eigenvalue weighted by Gasteiger charge is -2.00. The monoisotopic (exact) mass is 301 g/mol. The standard InChI is InChI=1S/C11H9Cl2N3O3/c1-2-6(12)10-14-11(19-15-10)9-7(13)4-3-5-8(9)16(17)18/h3-6H,2H2,1H3. The van der Waals surface area contributed by atoms with Gasteiger partial charge in [0.1, 0.15) is 5.56 Å². The summed E-state index contributed by atoms with van der Waals surface area (Å²) in [5, 5.41) is 14.5. The van der Waals surface area contributed by atoms with Crippen molar-refractivity contribution in [2.45, 2.75) is 18.7 Å². The third-order valence-electron chi connectivity index (χ3n) is 2.48. The summed E-state index contributed by atoms with van der Waals surface area (Å²) in [7, 11) is 0. The molecule has 100 valence electrons. The second-order valence-corrected chi connectivity index (χ2v) is 4.66. The summed E-state index contributed by atoms with van der Waals surface area (Å²) in [5.74, 6) is 0.278. The van der Waals surface area contributed by atoms with Gasteiger partial charge in [-0.25, -0.2) is 0 Å². The Bertz CT molecular complexity index is 615. The van der Waals surface area contributed by atoms with Gasteiger partial charge in [-0.2, -0.15) is 4.98 Å². The van der Waals surface area contributed by atoms with Gasteiger partial charge in [0.2, 0.25) is 0 Å². The molecule has 8 heteroatoms. The topological polar surface area (TPSA) is 82.1 Å². The van der Waals surface area contributed by atoms with Crippen LogP contribution in [0.1, 0.15) is 24.5 Å². The summed E-state index contributed by atoms with van der Waals surface area (Å²) in [6, 6.07) is 4.33. The Morgan fingerprint density at radius 2 is 2.26 bits per heavy atom. The fourth-order valence-electron chi connectivity index (χ4n) is 1.52. The summed E-state index contributed by atoms with van der Waals surface area (Å²) in [6.07, 6.45) is 0.616. The van der Waals surface area contributed by atoms with Gasteiger partial charge in [-0.05, 0) is 12.5 Å². The van der Waals surface area contributed by atoms with Crippen molar-refractivity contribution in [3.8, 4) is 11.5 Å². The number of hydrogen-bond donors (Lipinski definition) is 0. The number of aromatic nitrogens is 2. The number of nitro benzene ring substituents is 1. The Balaban J connectivity index is 2.53. The van der Waals surface area contributed by atoms with E-state index in [0.29, 0.717) is 6.42 Å². The van der Waals surface area contributed by atoms with Gasteiger partial charge in [-0.15, -0.1) is 11.6 Å². The molecule has 0 fully saturated rings. The number of nitrogens with zero attached hydrogens (tertiary/aromatic N) is 3. The minimum atomic E-state index is -0.552. The van der Waals surface area contributed by atoms with Crippen molar-refractivity contribution in [1.29, 1.82) is 0 Å². The molecule has 0 spiro atoms. The van der Waals surface area contributed by atoms with Crippen LogP contribution in [0.25, 0.3) is 11.5 Å². The minimum Gasteiger partial charge on any atom is -0.334 e. The second kappa shape index (κ2) is 5.54. The molecule has 0 amide bonds. The zero-order valence-corrected chi connectivity index (χ0v) is 11.4. The van der Waals surface area contributed by atoms with E-state index in [2.05, 4.69) is 10.1 Å². The van der Waals surface area contributed by atoms with Crippen LogP contribution < -0.4 is 0 Å². The highest BCUT2D eigenvalue weighted by Crippen LogP contribution is 2.36. The van der Waals surface area contributed by atoms with E-state index in [1.807, 2.05) is 6.92 Å². The summed E-state index contributed by atoms with van der Waals surface area (Å²) in [5.41, 5.74) is -0.0850. The first-order valence-corrected chi connectivity index (χ1v) is 6.27. The van der Waals surface area contributed by atoms with Gasteiger partial charge in [-0.3, -0.25) is 10.1 Å². The van der Waals surface area contributed by atoms with Gasteiger partial charge in [0.05, 0.1) is 15.3 Å². The van der Waals surface area contributed by atoms with Crippen LogP contribution >= 0.6 is 23.2 Å². The van der Waals surface area contributed by atoms with E-state index in [-0.39, 0.29) is 28.0 Å². The van der Waals surface area contributed by atoms with Crippen LogP contribution in [-0.4, -0.2) is 15.1 Å². The van der Waals surface area contributed by atoms with Gasteiger partial charge in [0, 0.05) is 6.07 Å². The fourth-order valence-corrected chi connectivity index (χ4v) is 1.86. The third-order valence-corrected chi connectivity index (χ3v) is 3.30. The quantitative estimate of drug-likeness (QED) is 0.484. The average Bonchev–Trinajstić information content (AvgIpc) is 2.86. The maximum absolute atomic E-state index is 11.0. The number of hydrogen-bond acceptors (Lipinski definition) is 5. The lowest BCUT2D eigenvalue weighted by atomic mass is 10.2. The lowest BCUT2D eigenvalue weighted by molar-refractivity contribution is -0.384. The molecule has 2 rings (SSSR count). The van der Waals surface area contributed by atoms with Gasteiger partial charge >= 0.3 is 0 Å². The lowest BCUT2D eigenvalue weighted by Crippen LogP contribution is -1.94. The molecular weight excluding hydrogens is 293 g/mol. The van der Waals surface area contributed by atoms with Crippen molar-refractivity contribution in [3.05, 3.63) is 39.2 Å². The highest BCUT2D eigenvalue weighted by Gasteiger charge is 2.24. The maximum Gasteiger partial charge on any atom is 0.283 e. The van der Waals surface area contributed by atoms with E-state index in [4.69, 9.17) is 27.7 Å². The number of halogens is 2. The number of benzene rings is 1. The summed E-state index contributed by atoms with van der Waals surface area (Å²) in [4.78, 5) is 14.5. The molecule has 0 saturated carbocycles. The van der Waals surface area contributed by atoms with Crippen molar-refractivity contribution in [2.75, 3.05) is 0 Å². The average molecular weight is 302 g/mol. The van der Waals surface area contributed by atoms with Crippen LogP contribution in [0.2, 0.25) is 5.02 Å². The Kier molecular flexibility index (Phi) is 4.01. The van der Waals surface area contributed by atoms with Crippen LogP contribution in [0, 0.1) is 10.1 Å². The molecule has 1 unspecified atom stereocenters. The number of nitro groups is 1. The highest BCUT2D eigenvalue weighted by atomic mass is 35.5. The van der Waals surface area contributed by atoms with Gasteiger partial charge < -0.3 is 4.52 Å². The summed E-state index contributed by atoms with van der Waals surface area (Å²) < 4.78 is 5.01. The van der Waals surface area contributed by atoms with Crippen LogP contribution in [0.15, 0.2) is 22.7 Å². The van der Waals surface area contributed by atoms with E-state index >= 15 is 0 Å². The molecule has 19 heavy (non-hydrogen) atoms. The molecule has 0 bridgehead atoms. The van der Waals surface area contributed by atoms with Crippen LogP contribution in [0.4, 0.5) is 5.69 Å². The Labute approximate surface area is 118 Å². The number of alkyl halides is 1. The maximum atomic E-state index is 11.0. The second-order valence-electron chi connectivity index (χ2n) is 3.72. The molecular formula is C11H9Cl2N3O3. The molecule has 0 aliphatic heterocycles. The number of rotatable bonds is 4. The van der Waals surface area contributed by atoms with Crippen molar-refractivity contribution in [1.82, 2.24) is 10.1 Å². The molecule has 1 aromatic carbocycles. The Morgan fingerprint density at radius 1 is 1.53 bits per heavy atom. The van der Waals surface area contributed by atoms with E-state index in [1.165, 1.54) is 18.2 Å². The van der Waals surface area contributed by atoms with Crippen molar-refractivity contribution < 1.29 is 9.45 Å². The molecule has 0 saturated heterocycles. The Hall–Kier alpha value is -1.66. The van der Waals surface area contributed by atoms with E-state index in [9.17, 15) is 10.1 Å². The van der Waals surface area contributed by atoms with Crippen molar-refractivity contribution in [3.63, 3.8) is 0 Å². The normalized spacial score (nSPS) is 12.4. The van der Waals surface area contributed by atoms with Crippen LogP contribution in [-0.2, 0) is 0 Å². The SMILES string of the molecule is CCC(Cl)c1noc(-c2c(Cl)cccc2[N+](=O)[O-])n1. The first-order valence-electron chi connectivity index (χ1n) is 5.45. The molecule has 0 radical (unpaired) electrons. The molecule has 0 aliphatic carbocycles.